The number of rotatable bonds is 7. The Morgan fingerprint density at radius 1 is 0.719 bits per heavy atom. The SMILES string of the molecule is CCCCCCOc1nc(Cl)nc(-c2cc3c4ccccc4ccc3c3ccccc23)n1. The van der Waals surface area contributed by atoms with E-state index in [1.807, 2.05) is 6.07 Å². The standard InChI is InChI=1S/C27H24ClN3O/c1-2-3-4-9-16-32-27-30-25(29-26(28)31-27)24-17-23-19-11-6-5-10-18(19)14-15-22(23)20-12-7-8-13-21(20)24/h5-8,10-15,17H,2-4,9,16H2,1H3. The summed E-state index contributed by atoms with van der Waals surface area (Å²) in [5.41, 5.74) is 0.921. The van der Waals surface area contributed by atoms with Gasteiger partial charge in [-0.1, -0.05) is 86.8 Å². The summed E-state index contributed by atoms with van der Waals surface area (Å²) in [7, 11) is 0. The molecule has 0 N–H and O–H groups in total. The molecule has 1 aromatic heterocycles. The molecule has 0 aliphatic rings. The summed E-state index contributed by atoms with van der Waals surface area (Å²) in [5, 5.41) is 7.14. The van der Waals surface area contributed by atoms with E-state index in [-0.39, 0.29) is 11.3 Å². The lowest BCUT2D eigenvalue weighted by Crippen LogP contribution is -2.04. The van der Waals surface area contributed by atoms with Crippen molar-refractivity contribution < 1.29 is 4.74 Å². The van der Waals surface area contributed by atoms with Crippen LogP contribution in [0, 0.1) is 0 Å². The smallest absolute Gasteiger partial charge is 0.321 e. The Morgan fingerprint density at radius 3 is 2.31 bits per heavy atom. The Morgan fingerprint density at radius 2 is 1.47 bits per heavy atom. The number of unbranched alkanes of at least 4 members (excludes halogenated alkanes) is 3. The van der Waals surface area contributed by atoms with Gasteiger partial charge in [-0.3, -0.25) is 0 Å². The molecular weight excluding hydrogens is 418 g/mol. The van der Waals surface area contributed by atoms with Crippen LogP contribution in [0.2, 0.25) is 5.28 Å². The summed E-state index contributed by atoms with van der Waals surface area (Å²) in [6.07, 6.45) is 4.48. The molecule has 1 heterocycles. The first kappa shape index (κ1) is 20.7. The highest BCUT2D eigenvalue weighted by molar-refractivity contribution is 6.28. The van der Waals surface area contributed by atoms with Crippen molar-refractivity contribution in [3.8, 4) is 17.4 Å². The van der Waals surface area contributed by atoms with E-state index in [4.69, 9.17) is 16.3 Å². The van der Waals surface area contributed by atoms with E-state index in [2.05, 4.69) is 82.5 Å². The van der Waals surface area contributed by atoms with Gasteiger partial charge in [-0.2, -0.15) is 15.0 Å². The lowest BCUT2D eigenvalue weighted by atomic mass is 9.93. The van der Waals surface area contributed by atoms with Crippen molar-refractivity contribution >= 4 is 43.9 Å². The minimum Gasteiger partial charge on any atom is -0.463 e. The molecule has 0 unspecified atom stereocenters. The van der Waals surface area contributed by atoms with E-state index in [1.54, 1.807) is 0 Å². The number of benzene rings is 4. The number of aromatic nitrogens is 3. The molecule has 4 aromatic carbocycles. The van der Waals surface area contributed by atoms with Gasteiger partial charge < -0.3 is 4.74 Å². The van der Waals surface area contributed by atoms with E-state index in [9.17, 15) is 0 Å². The normalized spacial score (nSPS) is 11.4. The molecule has 0 aliphatic heterocycles. The first-order valence-corrected chi connectivity index (χ1v) is 11.5. The third-order valence-electron chi connectivity index (χ3n) is 5.82. The highest BCUT2D eigenvalue weighted by atomic mass is 35.5. The summed E-state index contributed by atoms with van der Waals surface area (Å²) >= 11 is 6.28. The molecule has 0 radical (unpaired) electrons. The molecule has 0 aliphatic carbocycles. The van der Waals surface area contributed by atoms with Gasteiger partial charge in [0.1, 0.15) is 0 Å². The summed E-state index contributed by atoms with van der Waals surface area (Å²) < 4.78 is 5.82. The Hall–Kier alpha value is -3.24. The van der Waals surface area contributed by atoms with E-state index in [1.165, 1.54) is 29.0 Å². The second kappa shape index (κ2) is 9.09. The lowest BCUT2D eigenvalue weighted by molar-refractivity contribution is 0.281. The van der Waals surface area contributed by atoms with E-state index >= 15 is 0 Å². The highest BCUT2D eigenvalue weighted by Crippen LogP contribution is 2.37. The van der Waals surface area contributed by atoms with Crippen LogP contribution in [0.3, 0.4) is 0 Å². The molecule has 32 heavy (non-hydrogen) atoms. The van der Waals surface area contributed by atoms with Crippen LogP contribution in [0.15, 0.2) is 66.7 Å². The molecule has 0 bridgehead atoms. The molecule has 5 heteroatoms. The predicted octanol–water partition coefficient (Wildman–Crippen LogP) is 7.61. The maximum Gasteiger partial charge on any atom is 0.321 e. The average Bonchev–Trinajstić information content (AvgIpc) is 2.83. The van der Waals surface area contributed by atoms with E-state index in [0.29, 0.717) is 12.4 Å². The van der Waals surface area contributed by atoms with Crippen molar-refractivity contribution in [2.75, 3.05) is 6.61 Å². The Bertz CT molecular complexity index is 1420. The van der Waals surface area contributed by atoms with Crippen molar-refractivity contribution in [2.24, 2.45) is 0 Å². The number of ether oxygens (including phenoxy) is 1. The number of fused-ring (bicyclic) bond motifs is 5. The van der Waals surface area contributed by atoms with E-state index in [0.717, 1.165) is 34.6 Å². The van der Waals surface area contributed by atoms with Crippen LogP contribution in [0.25, 0.3) is 43.7 Å². The minimum atomic E-state index is 0.139. The zero-order valence-electron chi connectivity index (χ0n) is 18.0. The summed E-state index contributed by atoms with van der Waals surface area (Å²) in [6.45, 7) is 2.76. The number of nitrogens with zero attached hydrogens (tertiary/aromatic N) is 3. The summed E-state index contributed by atoms with van der Waals surface area (Å²) in [6, 6.07) is 23.6. The predicted molar refractivity (Wildman–Crippen MR) is 132 cm³/mol. The van der Waals surface area contributed by atoms with Crippen LogP contribution >= 0.6 is 11.6 Å². The number of hydrogen-bond donors (Lipinski definition) is 0. The van der Waals surface area contributed by atoms with Crippen LogP contribution in [-0.2, 0) is 0 Å². The molecule has 0 spiro atoms. The number of hydrogen-bond acceptors (Lipinski definition) is 4. The summed E-state index contributed by atoms with van der Waals surface area (Å²) in [5.74, 6) is 0.527. The van der Waals surface area contributed by atoms with Crippen molar-refractivity contribution in [1.82, 2.24) is 15.0 Å². The fraction of sp³-hybridized carbons (Fsp3) is 0.222. The van der Waals surface area contributed by atoms with Crippen LogP contribution in [-0.4, -0.2) is 21.6 Å². The highest BCUT2D eigenvalue weighted by Gasteiger charge is 2.15. The molecule has 5 aromatic rings. The van der Waals surface area contributed by atoms with Gasteiger partial charge in [-0.25, -0.2) is 0 Å². The van der Waals surface area contributed by atoms with Gasteiger partial charge in [0.15, 0.2) is 5.82 Å². The minimum absolute atomic E-state index is 0.139. The Balaban J connectivity index is 1.65. The van der Waals surface area contributed by atoms with Gasteiger partial charge in [-0.15, -0.1) is 0 Å². The largest absolute Gasteiger partial charge is 0.463 e. The first-order valence-electron chi connectivity index (χ1n) is 11.1. The zero-order chi connectivity index (χ0) is 21.9. The van der Waals surface area contributed by atoms with Gasteiger partial charge in [0.25, 0.3) is 0 Å². The molecule has 0 saturated carbocycles. The quantitative estimate of drug-likeness (QED) is 0.192. The van der Waals surface area contributed by atoms with Crippen LogP contribution < -0.4 is 4.74 Å². The molecule has 0 fully saturated rings. The molecule has 160 valence electrons. The second-order valence-corrected chi connectivity index (χ2v) is 8.31. The van der Waals surface area contributed by atoms with Crippen LogP contribution in [0.1, 0.15) is 32.6 Å². The number of halogens is 1. The van der Waals surface area contributed by atoms with Gasteiger partial charge in [0.05, 0.1) is 6.61 Å². The molecule has 0 saturated heterocycles. The Kier molecular flexibility index (Phi) is 5.87. The zero-order valence-corrected chi connectivity index (χ0v) is 18.8. The molecular formula is C27H24ClN3O. The van der Waals surface area contributed by atoms with Gasteiger partial charge in [0.2, 0.25) is 5.28 Å². The average molecular weight is 442 g/mol. The van der Waals surface area contributed by atoms with Crippen molar-refractivity contribution in [3.63, 3.8) is 0 Å². The first-order chi connectivity index (χ1) is 15.7. The molecule has 0 amide bonds. The molecule has 5 rings (SSSR count). The van der Waals surface area contributed by atoms with Crippen LogP contribution in [0.4, 0.5) is 0 Å². The van der Waals surface area contributed by atoms with E-state index < -0.39 is 0 Å². The van der Waals surface area contributed by atoms with Gasteiger partial charge >= 0.3 is 6.01 Å². The fourth-order valence-electron chi connectivity index (χ4n) is 4.26. The second-order valence-electron chi connectivity index (χ2n) is 7.97. The fourth-order valence-corrected chi connectivity index (χ4v) is 4.41. The van der Waals surface area contributed by atoms with Gasteiger partial charge in [0, 0.05) is 5.56 Å². The molecule has 4 nitrogen and oxygen atoms in total. The van der Waals surface area contributed by atoms with Crippen molar-refractivity contribution in [2.45, 2.75) is 32.6 Å². The van der Waals surface area contributed by atoms with Crippen molar-refractivity contribution in [1.29, 1.82) is 0 Å². The third kappa shape index (κ3) is 3.98. The van der Waals surface area contributed by atoms with Crippen LogP contribution in [0.5, 0.6) is 6.01 Å². The van der Waals surface area contributed by atoms with Crippen molar-refractivity contribution in [3.05, 3.63) is 72.0 Å². The topological polar surface area (TPSA) is 47.9 Å². The maximum atomic E-state index is 6.28. The monoisotopic (exact) mass is 441 g/mol. The Labute approximate surface area is 192 Å². The van der Waals surface area contributed by atoms with Gasteiger partial charge in [-0.05, 0) is 56.4 Å². The molecule has 0 atom stereocenters. The summed E-state index contributed by atoms with van der Waals surface area (Å²) in [4.78, 5) is 13.3. The third-order valence-corrected chi connectivity index (χ3v) is 5.99. The maximum absolute atomic E-state index is 6.28. The lowest BCUT2D eigenvalue weighted by Gasteiger charge is -2.13.